The van der Waals surface area contributed by atoms with Crippen molar-refractivity contribution in [3.05, 3.63) is 54.4 Å². The van der Waals surface area contributed by atoms with Gasteiger partial charge in [-0.15, -0.1) is 0 Å². The van der Waals surface area contributed by atoms with Crippen molar-refractivity contribution in [3.63, 3.8) is 0 Å². The van der Waals surface area contributed by atoms with Gasteiger partial charge in [-0.2, -0.15) is 0 Å². The Labute approximate surface area is 195 Å². The van der Waals surface area contributed by atoms with Crippen LogP contribution in [0.3, 0.4) is 0 Å². The molecule has 3 amide bonds. The van der Waals surface area contributed by atoms with Gasteiger partial charge in [0.15, 0.2) is 0 Å². The smallest absolute Gasteiger partial charge is 0.227 e. The second-order valence-electron chi connectivity index (χ2n) is 9.22. The highest BCUT2D eigenvalue weighted by Gasteiger charge is 2.44. The summed E-state index contributed by atoms with van der Waals surface area (Å²) in [7, 11) is 1.74. The monoisotopic (exact) mass is 448 g/mol. The minimum absolute atomic E-state index is 0.0223. The lowest BCUT2D eigenvalue weighted by Gasteiger charge is -2.41. The maximum atomic E-state index is 13.3. The quantitative estimate of drug-likeness (QED) is 0.736. The number of likely N-dealkylation sites (tertiary alicyclic amines) is 2. The Morgan fingerprint density at radius 3 is 2.55 bits per heavy atom. The SMILES string of the molecule is CCNC(=O)C1(Cc2ccccc2-c2cccnc2)CCN(C(=O)[C@@H]2CC(=O)N(C)C2)CC1. The molecule has 174 valence electrons. The molecule has 33 heavy (non-hydrogen) atoms. The van der Waals surface area contributed by atoms with Crippen LogP contribution in [0.4, 0.5) is 0 Å². The van der Waals surface area contributed by atoms with E-state index < -0.39 is 5.41 Å². The molecule has 0 spiro atoms. The van der Waals surface area contributed by atoms with E-state index in [2.05, 4.69) is 22.4 Å². The maximum Gasteiger partial charge on any atom is 0.227 e. The third kappa shape index (κ3) is 4.77. The Morgan fingerprint density at radius 1 is 1.15 bits per heavy atom. The lowest BCUT2D eigenvalue weighted by Crippen LogP contribution is -2.52. The number of rotatable bonds is 6. The standard InChI is InChI=1S/C26H32N4O3/c1-3-28-25(33)26(16-19-7-4-5-9-22(19)20-8-6-12-27-17-20)10-13-30(14-11-26)24(32)21-15-23(31)29(2)18-21/h4-9,12,17,21H,3,10-11,13-16,18H2,1-2H3,(H,28,33)/t21-/m1/s1. The van der Waals surface area contributed by atoms with Crippen LogP contribution in [-0.2, 0) is 20.8 Å². The Balaban J connectivity index is 1.54. The van der Waals surface area contributed by atoms with Gasteiger partial charge in [0, 0.05) is 57.6 Å². The first-order chi connectivity index (χ1) is 15.9. The van der Waals surface area contributed by atoms with Gasteiger partial charge in [0.1, 0.15) is 0 Å². The van der Waals surface area contributed by atoms with Crippen molar-refractivity contribution >= 4 is 17.7 Å². The van der Waals surface area contributed by atoms with E-state index in [1.807, 2.05) is 42.3 Å². The molecular formula is C26H32N4O3. The van der Waals surface area contributed by atoms with Crippen molar-refractivity contribution in [2.75, 3.05) is 33.2 Å². The number of benzene rings is 1. The van der Waals surface area contributed by atoms with Crippen LogP contribution in [-0.4, -0.2) is 65.7 Å². The number of piperidine rings is 1. The summed E-state index contributed by atoms with van der Waals surface area (Å²) in [6.07, 6.45) is 5.69. The zero-order chi connectivity index (χ0) is 23.4. The lowest BCUT2D eigenvalue weighted by molar-refractivity contribution is -0.143. The molecule has 1 atom stereocenters. The van der Waals surface area contributed by atoms with Crippen molar-refractivity contribution in [2.24, 2.45) is 11.3 Å². The molecule has 2 aliphatic heterocycles. The zero-order valence-electron chi connectivity index (χ0n) is 19.4. The first-order valence-electron chi connectivity index (χ1n) is 11.7. The van der Waals surface area contributed by atoms with E-state index in [0.29, 0.717) is 45.4 Å². The maximum absolute atomic E-state index is 13.3. The van der Waals surface area contributed by atoms with Gasteiger partial charge in [0.25, 0.3) is 0 Å². The molecule has 3 heterocycles. The molecular weight excluding hydrogens is 416 g/mol. The summed E-state index contributed by atoms with van der Waals surface area (Å²) in [6, 6.07) is 12.1. The van der Waals surface area contributed by atoms with Crippen LogP contribution in [0.2, 0.25) is 0 Å². The normalized spacial score (nSPS) is 20.1. The van der Waals surface area contributed by atoms with Crippen molar-refractivity contribution in [3.8, 4) is 11.1 Å². The van der Waals surface area contributed by atoms with Crippen LogP contribution in [0.15, 0.2) is 48.8 Å². The lowest BCUT2D eigenvalue weighted by atomic mass is 9.72. The van der Waals surface area contributed by atoms with E-state index in [1.165, 1.54) is 0 Å². The predicted octanol–water partition coefficient (Wildman–Crippen LogP) is 2.51. The average Bonchev–Trinajstić information content (AvgIpc) is 3.18. The van der Waals surface area contributed by atoms with Crippen LogP contribution in [0, 0.1) is 11.3 Å². The van der Waals surface area contributed by atoms with Crippen molar-refractivity contribution in [2.45, 2.75) is 32.6 Å². The van der Waals surface area contributed by atoms with Crippen molar-refractivity contribution in [1.29, 1.82) is 0 Å². The van der Waals surface area contributed by atoms with Gasteiger partial charge in [0.2, 0.25) is 17.7 Å². The fourth-order valence-electron chi connectivity index (χ4n) is 5.12. The molecule has 1 aromatic heterocycles. The largest absolute Gasteiger partial charge is 0.356 e. The second kappa shape index (κ2) is 9.73. The number of amides is 3. The molecule has 0 radical (unpaired) electrons. The summed E-state index contributed by atoms with van der Waals surface area (Å²) in [5.74, 6) is -0.165. The molecule has 7 nitrogen and oxygen atoms in total. The number of hydrogen-bond donors (Lipinski definition) is 1. The number of hydrogen-bond acceptors (Lipinski definition) is 4. The van der Waals surface area contributed by atoms with E-state index in [4.69, 9.17) is 0 Å². The molecule has 1 N–H and O–H groups in total. The van der Waals surface area contributed by atoms with Crippen LogP contribution >= 0.6 is 0 Å². The van der Waals surface area contributed by atoms with Crippen LogP contribution < -0.4 is 5.32 Å². The first kappa shape index (κ1) is 23.0. The molecule has 0 bridgehead atoms. The Bertz CT molecular complexity index is 1020. The topological polar surface area (TPSA) is 82.6 Å². The number of nitrogens with zero attached hydrogens (tertiary/aromatic N) is 3. The number of carbonyl (C=O) groups is 3. The molecule has 2 aromatic rings. The molecule has 4 rings (SSSR count). The first-order valence-corrected chi connectivity index (χ1v) is 11.7. The minimum atomic E-state index is -0.576. The van der Waals surface area contributed by atoms with E-state index in [1.54, 1.807) is 18.1 Å². The Hall–Kier alpha value is -3.22. The summed E-state index contributed by atoms with van der Waals surface area (Å²) in [5, 5.41) is 3.04. The highest BCUT2D eigenvalue weighted by molar-refractivity contribution is 5.89. The number of carbonyl (C=O) groups excluding carboxylic acids is 3. The van der Waals surface area contributed by atoms with Gasteiger partial charge < -0.3 is 15.1 Å². The van der Waals surface area contributed by atoms with Crippen molar-refractivity contribution in [1.82, 2.24) is 20.1 Å². The number of nitrogens with one attached hydrogen (secondary N) is 1. The van der Waals surface area contributed by atoms with E-state index in [0.717, 1.165) is 16.7 Å². The van der Waals surface area contributed by atoms with Crippen LogP contribution in [0.25, 0.3) is 11.1 Å². The Morgan fingerprint density at radius 2 is 1.91 bits per heavy atom. The highest BCUT2D eigenvalue weighted by Crippen LogP contribution is 2.39. The van der Waals surface area contributed by atoms with Crippen LogP contribution in [0.5, 0.6) is 0 Å². The summed E-state index contributed by atoms with van der Waals surface area (Å²) < 4.78 is 0. The van der Waals surface area contributed by atoms with E-state index >= 15 is 0 Å². The van der Waals surface area contributed by atoms with Crippen LogP contribution in [0.1, 0.15) is 31.7 Å². The zero-order valence-corrected chi connectivity index (χ0v) is 19.4. The van der Waals surface area contributed by atoms with Gasteiger partial charge >= 0.3 is 0 Å². The number of aromatic nitrogens is 1. The fourth-order valence-corrected chi connectivity index (χ4v) is 5.12. The molecule has 0 saturated carbocycles. The van der Waals surface area contributed by atoms with Gasteiger partial charge in [-0.3, -0.25) is 19.4 Å². The molecule has 7 heteroatoms. The molecule has 0 aliphatic carbocycles. The molecule has 2 fully saturated rings. The van der Waals surface area contributed by atoms with E-state index in [9.17, 15) is 14.4 Å². The summed E-state index contributed by atoms with van der Waals surface area (Å²) in [6.45, 7) is 4.04. The third-order valence-corrected chi connectivity index (χ3v) is 7.06. The van der Waals surface area contributed by atoms with Gasteiger partial charge in [-0.1, -0.05) is 30.3 Å². The summed E-state index contributed by atoms with van der Waals surface area (Å²) in [5.41, 5.74) is 2.65. The summed E-state index contributed by atoms with van der Waals surface area (Å²) in [4.78, 5) is 46.0. The minimum Gasteiger partial charge on any atom is -0.356 e. The fraction of sp³-hybridized carbons (Fsp3) is 0.462. The molecule has 2 aliphatic rings. The van der Waals surface area contributed by atoms with Gasteiger partial charge in [0.05, 0.1) is 11.3 Å². The molecule has 0 unspecified atom stereocenters. The van der Waals surface area contributed by atoms with Gasteiger partial charge in [-0.05, 0) is 43.4 Å². The predicted molar refractivity (Wildman–Crippen MR) is 126 cm³/mol. The second-order valence-corrected chi connectivity index (χ2v) is 9.22. The van der Waals surface area contributed by atoms with E-state index in [-0.39, 0.29) is 30.1 Å². The van der Waals surface area contributed by atoms with Gasteiger partial charge in [-0.25, -0.2) is 0 Å². The molecule has 1 aromatic carbocycles. The third-order valence-electron chi connectivity index (χ3n) is 7.06. The summed E-state index contributed by atoms with van der Waals surface area (Å²) >= 11 is 0. The van der Waals surface area contributed by atoms with Crippen molar-refractivity contribution < 1.29 is 14.4 Å². The molecule has 2 saturated heterocycles. The highest BCUT2D eigenvalue weighted by atomic mass is 16.2. The average molecular weight is 449 g/mol. The Kier molecular flexibility index (Phi) is 6.77. The number of pyridine rings is 1.